The van der Waals surface area contributed by atoms with Crippen molar-refractivity contribution in [2.24, 2.45) is 5.41 Å². The maximum atomic E-state index is 11.8. The van der Waals surface area contributed by atoms with Crippen LogP contribution < -0.4 is 10.6 Å². The fourth-order valence-corrected chi connectivity index (χ4v) is 3.07. The summed E-state index contributed by atoms with van der Waals surface area (Å²) in [7, 11) is 0. The van der Waals surface area contributed by atoms with Crippen LogP contribution in [0.15, 0.2) is 24.3 Å². The minimum absolute atomic E-state index is 0.0230. The Morgan fingerprint density at radius 3 is 2.63 bits per heavy atom. The van der Waals surface area contributed by atoms with Crippen molar-refractivity contribution < 1.29 is 4.79 Å². The second kappa shape index (κ2) is 7.90. The number of hydrogen-bond donors (Lipinski definition) is 2. The minimum Gasteiger partial charge on any atom is -0.367 e. The van der Waals surface area contributed by atoms with E-state index < -0.39 is 0 Å². The summed E-state index contributed by atoms with van der Waals surface area (Å²) in [5, 5.41) is 14.8. The lowest BCUT2D eigenvalue weighted by Gasteiger charge is -2.17. The molecule has 1 amide bonds. The first-order chi connectivity index (χ1) is 12.8. The molecule has 2 aromatic heterocycles. The fourth-order valence-electron chi connectivity index (χ4n) is 3.07. The van der Waals surface area contributed by atoms with Crippen LogP contribution >= 0.6 is 0 Å². The third-order valence-electron chi connectivity index (χ3n) is 4.30. The molecule has 2 N–H and O–H groups in total. The molecule has 3 rings (SSSR count). The van der Waals surface area contributed by atoms with E-state index in [1.165, 1.54) is 0 Å². The van der Waals surface area contributed by atoms with E-state index in [0.29, 0.717) is 13.0 Å². The van der Waals surface area contributed by atoms with E-state index in [-0.39, 0.29) is 11.3 Å². The third kappa shape index (κ3) is 4.72. The van der Waals surface area contributed by atoms with Crippen molar-refractivity contribution in [3.8, 4) is 0 Å². The smallest absolute Gasteiger partial charge is 0.220 e. The van der Waals surface area contributed by atoms with Gasteiger partial charge in [0.15, 0.2) is 5.82 Å². The highest BCUT2D eigenvalue weighted by Crippen LogP contribution is 2.21. The SMILES string of the molecule is Cc1nnc2c(NCCCCNC(=O)CC(C)(C)C)nc3ccccc3n12. The molecular formula is C20H28N6O. The van der Waals surface area contributed by atoms with Gasteiger partial charge in [0.2, 0.25) is 11.6 Å². The molecule has 7 heteroatoms. The van der Waals surface area contributed by atoms with Gasteiger partial charge in [0.05, 0.1) is 11.0 Å². The number of nitrogens with zero attached hydrogens (tertiary/aromatic N) is 4. The average Bonchev–Trinajstić information content (AvgIpc) is 2.99. The normalized spacial score (nSPS) is 11.9. The zero-order valence-electron chi connectivity index (χ0n) is 16.5. The number of para-hydroxylation sites is 2. The number of amides is 1. The third-order valence-corrected chi connectivity index (χ3v) is 4.30. The van der Waals surface area contributed by atoms with Crippen LogP contribution in [0.2, 0.25) is 0 Å². The highest BCUT2D eigenvalue weighted by Gasteiger charge is 2.15. The molecule has 144 valence electrons. The van der Waals surface area contributed by atoms with Crippen LogP contribution in [-0.2, 0) is 4.79 Å². The first kappa shape index (κ1) is 19.1. The second-order valence-electron chi connectivity index (χ2n) is 8.08. The number of aromatic nitrogens is 4. The molecule has 0 aliphatic rings. The lowest BCUT2D eigenvalue weighted by molar-refractivity contribution is -0.122. The summed E-state index contributed by atoms with van der Waals surface area (Å²) < 4.78 is 2.03. The van der Waals surface area contributed by atoms with E-state index in [4.69, 9.17) is 4.98 Å². The monoisotopic (exact) mass is 368 g/mol. The number of aryl methyl sites for hydroxylation is 1. The van der Waals surface area contributed by atoms with E-state index in [9.17, 15) is 4.79 Å². The van der Waals surface area contributed by atoms with Gasteiger partial charge in [-0.25, -0.2) is 4.98 Å². The van der Waals surface area contributed by atoms with Gasteiger partial charge in [0.1, 0.15) is 5.82 Å². The number of unbranched alkanes of at least 4 members (excludes halogenated alkanes) is 1. The molecule has 0 unspecified atom stereocenters. The molecule has 1 aromatic carbocycles. The van der Waals surface area contributed by atoms with E-state index in [1.54, 1.807) is 0 Å². The maximum Gasteiger partial charge on any atom is 0.220 e. The first-order valence-electron chi connectivity index (χ1n) is 9.46. The Morgan fingerprint density at radius 2 is 1.85 bits per heavy atom. The van der Waals surface area contributed by atoms with Gasteiger partial charge in [-0.1, -0.05) is 32.9 Å². The van der Waals surface area contributed by atoms with E-state index in [1.807, 2.05) is 35.6 Å². The van der Waals surface area contributed by atoms with E-state index in [0.717, 1.165) is 47.7 Å². The highest BCUT2D eigenvalue weighted by molar-refractivity contribution is 5.82. The summed E-state index contributed by atoms with van der Waals surface area (Å²) in [6.45, 7) is 9.61. The van der Waals surface area contributed by atoms with Crippen molar-refractivity contribution in [1.29, 1.82) is 0 Å². The molecule has 0 bridgehead atoms. The molecule has 7 nitrogen and oxygen atoms in total. The predicted octanol–water partition coefficient (Wildman–Crippen LogP) is 3.33. The quantitative estimate of drug-likeness (QED) is 0.625. The van der Waals surface area contributed by atoms with Gasteiger partial charge in [0, 0.05) is 19.5 Å². The summed E-state index contributed by atoms with van der Waals surface area (Å²) in [6, 6.07) is 7.98. The molecule has 0 fully saturated rings. The summed E-state index contributed by atoms with van der Waals surface area (Å²) >= 11 is 0. The Labute approximate surface area is 159 Å². The lowest BCUT2D eigenvalue weighted by atomic mass is 9.92. The van der Waals surface area contributed by atoms with E-state index >= 15 is 0 Å². The second-order valence-corrected chi connectivity index (χ2v) is 8.08. The van der Waals surface area contributed by atoms with Gasteiger partial charge < -0.3 is 10.6 Å². The van der Waals surface area contributed by atoms with Gasteiger partial charge in [-0.05, 0) is 37.3 Å². The zero-order valence-corrected chi connectivity index (χ0v) is 16.5. The number of hydrogen-bond acceptors (Lipinski definition) is 5. The Hall–Kier alpha value is -2.70. The van der Waals surface area contributed by atoms with Crippen LogP contribution in [0, 0.1) is 12.3 Å². The topological polar surface area (TPSA) is 84.2 Å². The van der Waals surface area contributed by atoms with Crippen LogP contribution in [-0.4, -0.2) is 38.6 Å². The standard InChI is InChI=1S/C20H28N6O/c1-14-24-25-19-18(23-15-9-5-6-10-16(15)26(14)19)22-12-8-7-11-21-17(27)13-20(2,3)4/h5-6,9-10H,7-8,11-13H2,1-4H3,(H,21,27)(H,22,23). The molecule has 2 heterocycles. The molecule has 0 aliphatic carbocycles. The van der Waals surface area contributed by atoms with Crippen LogP contribution in [0.4, 0.5) is 5.82 Å². The van der Waals surface area contributed by atoms with Crippen LogP contribution in [0.25, 0.3) is 16.7 Å². The van der Waals surface area contributed by atoms with Crippen LogP contribution in [0.3, 0.4) is 0 Å². The van der Waals surface area contributed by atoms with Crippen LogP contribution in [0.1, 0.15) is 45.9 Å². The summed E-state index contributed by atoms with van der Waals surface area (Å²) in [6.07, 6.45) is 2.40. The summed E-state index contributed by atoms with van der Waals surface area (Å²) in [5.41, 5.74) is 2.67. The molecule has 0 aliphatic heterocycles. The predicted molar refractivity (Wildman–Crippen MR) is 108 cm³/mol. The average molecular weight is 368 g/mol. The van der Waals surface area contributed by atoms with E-state index in [2.05, 4.69) is 41.6 Å². The molecule has 0 atom stereocenters. The Kier molecular flexibility index (Phi) is 5.58. The van der Waals surface area contributed by atoms with Gasteiger partial charge in [-0.15, -0.1) is 10.2 Å². The van der Waals surface area contributed by atoms with Crippen molar-refractivity contribution in [2.75, 3.05) is 18.4 Å². The lowest BCUT2D eigenvalue weighted by Crippen LogP contribution is -2.28. The van der Waals surface area contributed by atoms with Crippen molar-refractivity contribution in [3.63, 3.8) is 0 Å². The summed E-state index contributed by atoms with van der Waals surface area (Å²) in [5.74, 6) is 1.70. The van der Waals surface area contributed by atoms with Gasteiger partial charge in [-0.3, -0.25) is 9.20 Å². The zero-order chi connectivity index (χ0) is 19.4. The van der Waals surface area contributed by atoms with Crippen molar-refractivity contribution in [3.05, 3.63) is 30.1 Å². The van der Waals surface area contributed by atoms with Gasteiger partial charge >= 0.3 is 0 Å². The number of carbonyl (C=O) groups excluding carboxylic acids is 1. The molecule has 3 aromatic rings. The van der Waals surface area contributed by atoms with Crippen LogP contribution in [0.5, 0.6) is 0 Å². The number of benzene rings is 1. The number of carbonyl (C=O) groups is 1. The minimum atomic E-state index is 0.0230. The molecule has 0 saturated heterocycles. The Morgan fingerprint density at radius 1 is 1.11 bits per heavy atom. The van der Waals surface area contributed by atoms with Crippen molar-refractivity contribution in [1.82, 2.24) is 24.9 Å². The first-order valence-corrected chi connectivity index (χ1v) is 9.46. The maximum absolute atomic E-state index is 11.8. The largest absolute Gasteiger partial charge is 0.367 e. The Bertz CT molecular complexity index is 941. The van der Waals surface area contributed by atoms with Gasteiger partial charge in [-0.2, -0.15) is 0 Å². The number of anilines is 1. The van der Waals surface area contributed by atoms with Crippen molar-refractivity contribution in [2.45, 2.75) is 47.0 Å². The highest BCUT2D eigenvalue weighted by atomic mass is 16.1. The van der Waals surface area contributed by atoms with Crippen molar-refractivity contribution >= 4 is 28.4 Å². The number of rotatable bonds is 7. The molecule has 27 heavy (non-hydrogen) atoms. The van der Waals surface area contributed by atoms with Gasteiger partial charge in [0.25, 0.3) is 0 Å². The summed E-state index contributed by atoms with van der Waals surface area (Å²) in [4.78, 5) is 16.5. The number of nitrogens with one attached hydrogen (secondary N) is 2. The number of fused-ring (bicyclic) bond motifs is 3. The molecule has 0 spiro atoms. The molecular weight excluding hydrogens is 340 g/mol. The fraction of sp³-hybridized carbons (Fsp3) is 0.500. The molecule has 0 saturated carbocycles. The molecule has 0 radical (unpaired) electrons. The Balaban J connectivity index is 1.56.